The summed E-state index contributed by atoms with van der Waals surface area (Å²) < 4.78 is 6.65. The Kier molecular flexibility index (Phi) is 4.34. The molecule has 25 heavy (non-hydrogen) atoms. The van der Waals surface area contributed by atoms with Crippen LogP contribution in [0.4, 0.5) is 0 Å². The van der Waals surface area contributed by atoms with Gasteiger partial charge in [-0.2, -0.15) is 0 Å². The number of amides is 1. The number of rotatable bonds is 2. The van der Waals surface area contributed by atoms with Crippen LogP contribution in [0.2, 0.25) is 0 Å². The molecule has 0 unspecified atom stereocenters. The highest BCUT2D eigenvalue weighted by atomic mass is 16.5. The summed E-state index contributed by atoms with van der Waals surface area (Å²) in [4.78, 5) is 15.4. The summed E-state index contributed by atoms with van der Waals surface area (Å²) in [5, 5.41) is 0. The van der Waals surface area contributed by atoms with Crippen molar-refractivity contribution >= 4 is 5.91 Å². The van der Waals surface area contributed by atoms with Gasteiger partial charge in [0.2, 0.25) is 0 Å². The molecule has 0 radical (unpaired) electrons. The Labute approximate surface area is 149 Å². The van der Waals surface area contributed by atoms with Crippen molar-refractivity contribution in [3.63, 3.8) is 0 Å². The molecule has 1 aliphatic carbocycles. The maximum Gasteiger partial charge on any atom is 0.256 e. The van der Waals surface area contributed by atoms with Crippen molar-refractivity contribution in [3.05, 3.63) is 71.8 Å². The van der Waals surface area contributed by atoms with Crippen LogP contribution in [0.25, 0.3) is 0 Å². The average Bonchev–Trinajstić information content (AvgIpc) is 2.95. The van der Waals surface area contributed by atoms with Gasteiger partial charge in [0.1, 0.15) is 11.8 Å². The minimum absolute atomic E-state index is 0.0215. The van der Waals surface area contributed by atoms with E-state index in [1.807, 2.05) is 53.4 Å². The topological polar surface area (TPSA) is 29.5 Å². The lowest BCUT2D eigenvalue weighted by Gasteiger charge is -2.41. The number of carbonyl (C=O) groups excluding carboxylic acids is 1. The molecule has 2 aromatic rings. The van der Waals surface area contributed by atoms with Gasteiger partial charge in [0, 0.05) is 5.56 Å². The summed E-state index contributed by atoms with van der Waals surface area (Å²) in [6, 6.07) is 19.9. The van der Waals surface area contributed by atoms with Crippen LogP contribution in [0.15, 0.2) is 60.7 Å². The summed E-state index contributed by atoms with van der Waals surface area (Å²) in [5.74, 6) is 0.0911. The molecule has 2 atom stereocenters. The van der Waals surface area contributed by atoms with Crippen molar-refractivity contribution in [2.45, 2.75) is 56.9 Å². The second-order valence-corrected chi connectivity index (χ2v) is 7.24. The Hall–Kier alpha value is -2.13. The standard InChI is InChI=1S/C22H25NO2/c1-17-20(18-11-5-2-6-12-18)25-22(15-9-4-10-16-22)23(17)21(24)19-13-7-3-8-14-19/h2-3,5-8,11-14,17,20H,4,9-10,15-16H2,1H3/t17-,20-/m1/s1. The first kappa shape index (κ1) is 16.3. The zero-order valence-electron chi connectivity index (χ0n) is 14.7. The van der Waals surface area contributed by atoms with Crippen molar-refractivity contribution < 1.29 is 9.53 Å². The monoisotopic (exact) mass is 335 g/mol. The van der Waals surface area contributed by atoms with Gasteiger partial charge < -0.3 is 9.64 Å². The van der Waals surface area contributed by atoms with Gasteiger partial charge in [-0.25, -0.2) is 0 Å². The van der Waals surface area contributed by atoms with Gasteiger partial charge >= 0.3 is 0 Å². The van der Waals surface area contributed by atoms with Crippen molar-refractivity contribution in [2.24, 2.45) is 0 Å². The lowest BCUT2D eigenvalue weighted by molar-refractivity contribution is -0.115. The molecule has 1 saturated carbocycles. The fourth-order valence-electron chi connectivity index (χ4n) is 4.44. The minimum Gasteiger partial charge on any atom is -0.345 e. The molecule has 0 N–H and O–H groups in total. The Bertz CT molecular complexity index is 722. The van der Waals surface area contributed by atoms with E-state index in [-0.39, 0.29) is 18.1 Å². The molecule has 1 heterocycles. The van der Waals surface area contributed by atoms with Gasteiger partial charge in [-0.3, -0.25) is 4.79 Å². The van der Waals surface area contributed by atoms with Gasteiger partial charge in [0.15, 0.2) is 0 Å². The van der Waals surface area contributed by atoms with E-state index in [0.717, 1.165) is 36.8 Å². The van der Waals surface area contributed by atoms with Crippen LogP contribution in [0, 0.1) is 0 Å². The Balaban J connectivity index is 1.72. The summed E-state index contributed by atoms with van der Waals surface area (Å²) in [7, 11) is 0. The highest BCUT2D eigenvalue weighted by Gasteiger charge is 2.53. The summed E-state index contributed by atoms with van der Waals surface area (Å²) in [6.07, 6.45) is 5.26. The quantitative estimate of drug-likeness (QED) is 0.777. The first-order valence-corrected chi connectivity index (χ1v) is 9.33. The maximum atomic E-state index is 13.4. The van der Waals surface area contributed by atoms with E-state index in [4.69, 9.17) is 4.74 Å². The zero-order valence-corrected chi connectivity index (χ0v) is 14.7. The van der Waals surface area contributed by atoms with Crippen LogP contribution in [0.5, 0.6) is 0 Å². The number of ether oxygens (including phenoxy) is 1. The van der Waals surface area contributed by atoms with E-state index >= 15 is 0 Å². The first-order chi connectivity index (χ1) is 12.2. The molecule has 1 amide bonds. The van der Waals surface area contributed by atoms with Crippen LogP contribution >= 0.6 is 0 Å². The number of benzene rings is 2. The van der Waals surface area contributed by atoms with Gasteiger partial charge in [-0.1, -0.05) is 55.0 Å². The first-order valence-electron chi connectivity index (χ1n) is 9.33. The van der Waals surface area contributed by atoms with Crippen molar-refractivity contribution in [1.29, 1.82) is 0 Å². The van der Waals surface area contributed by atoms with Crippen molar-refractivity contribution in [3.8, 4) is 0 Å². The Morgan fingerprint density at radius 1 is 0.960 bits per heavy atom. The SMILES string of the molecule is C[C@@H]1[C@H](c2ccccc2)OC2(CCCCC2)N1C(=O)c1ccccc1. The molecule has 0 aromatic heterocycles. The third-order valence-corrected chi connectivity index (χ3v) is 5.63. The van der Waals surface area contributed by atoms with Crippen molar-refractivity contribution in [2.75, 3.05) is 0 Å². The third-order valence-electron chi connectivity index (χ3n) is 5.63. The molecular weight excluding hydrogens is 310 g/mol. The molecule has 0 bridgehead atoms. The van der Waals surface area contributed by atoms with Gasteiger partial charge in [-0.05, 0) is 50.3 Å². The smallest absolute Gasteiger partial charge is 0.256 e. The largest absolute Gasteiger partial charge is 0.345 e. The molecule has 130 valence electrons. The molecule has 3 nitrogen and oxygen atoms in total. The molecular formula is C22H25NO2. The summed E-state index contributed by atoms with van der Waals surface area (Å²) >= 11 is 0. The van der Waals surface area contributed by atoms with Crippen molar-refractivity contribution in [1.82, 2.24) is 4.90 Å². The van der Waals surface area contributed by atoms with Crippen LogP contribution < -0.4 is 0 Å². The Morgan fingerprint density at radius 3 is 2.20 bits per heavy atom. The van der Waals surface area contributed by atoms with E-state index in [0.29, 0.717) is 0 Å². The highest BCUT2D eigenvalue weighted by molar-refractivity contribution is 5.95. The zero-order chi connectivity index (χ0) is 17.3. The van der Waals surface area contributed by atoms with E-state index in [9.17, 15) is 4.79 Å². The predicted octanol–water partition coefficient (Wildman–Crippen LogP) is 4.95. The molecule has 2 aliphatic rings. The third kappa shape index (κ3) is 2.87. The van der Waals surface area contributed by atoms with Crippen LogP contribution in [-0.4, -0.2) is 22.6 Å². The highest BCUT2D eigenvalue weighted by Crippen LogP contribution is 2.48. The molecule has 3 heteroatoms. The fourth-order valence-corrected chi connectivity index (χ4v) is 4.44. The summed E-state index contributed by atoms with van der Waals surface area (Å²) in [6.45, 7) is 2.13. The normalized spacial score (nSPS) is 25.2. The molecule has 1 spiro atoms. The lowest BCUT2D eigenvalue weighted by atomic mass is 9.89. The van der Waals surface area contributed by atoms with Gasteiger partial charge in [-0.15, -0.1) is 0 Å². The molecule has 4 rings (SSSR count). The second-order valence-electron chi connectivity index (χ2n) is 7.24. The van der Waals surface area contributed by atoms with Crippen LogP contribution in [0.3, 0.4) is 0 Å². The van der Waals surface area contributed by atoms with Crippen LogP contribution in [-0.2, 0) is 4.74 Å². The van der Waals surface area contributed by atoms with Crippen LogP contribution in [0.1, 0.15) is 61.1 Å². The predicted molar refractivity (Wildman–Crippen MR) is 98.2 cm³/mol. The molecule has 1 aliphatic heterocycles. The fraction of sp³-hybridized carbons (Fsp3) is 0.409. The second kappa shape index (κ2) is 6.64. The maximum absolute atomic E-state index is 13.4. The minimum atomic E-state index is -0.453. The average molecular weight is 335 g/mol. The Morgan fingerprint density at radius 2 is 1.56 bits per heavy atom. The molecule has 2 fully saturated rings. The van der Waals surface area contributed by atoms with Gasteiger partial charge in [0.05, 0.1) is 6.04 Å². The van der Waals surface area contributed by atoms with E-state index in [1.165, 1.54) is 6.42 Å². The van der Waals surface area contributed by atoms with E-state index in [2.05, 4.69) is 19.1 Å². The number of hydrogen-bond donors (Lipinski definition) is 0. The van der Waals surface area contributed by atoms with E-state index < -0.39 is 5.72 Å². The number of hydrogen-bond acceptors (Lipinski definition) is 2. The molecule has 1 saturated heterocycles. The summed E-state index contributed by atoms with van der Waals surface area (Å²) in [5.41, 5.74) is 1.45. The van der Waals surface area contributed by atoms with E-state index in [1.54, 1.807) is 0 Å². The number of nitrogens with zero attached hydrogens (tertiary/aromatic N) is 1. The lowest BCUT2D eigenvalue weighted by Crippen LogP contribution is -2.51. The van der Waals surface area contributed by atoms with Gasteiger partial charge in [0.25, 0.3) is 5.91 Å². The molecule has 2 aromatic carbocycles. The number of carbonyl (C=O) groups is 1.